The predicted molar refractivity (Wildman–Crippen MR) is 62.2 cm³/mol. The van der Waals surface area contributed by atoms with Crippen LogP contribution in [0.3, 0.4) is 0 Å². The molecule has 14 heavy (non-hydrogen) atoms. The number of rotatable bonds is 0. The van der Waals surface area contributed by atoms with Crippen molar-refractivity contribution in [1.29, 1.82) is 0 Å². The second-order valence-corrected chi connectivity index (χ2v) is 5.26. The van der Waals surface area contributed by atoms with E-state index in [9.17, 15) is 0 Å². The second kappa shape index (κ2) is 3.16. The minimum Gasteiger partial charge on any atom is -0.382 e. The van der Waals surface area contributed by atoms with Crippen LogP contribution in [0.5, 0.6) is 0 Å². The van der Waals surface area contributed by atoms with Crippen molar-refractivity contribution in [1.82, 2.24) is 0 Å². The first-order chi connectivity index (χ1) is 6.49. The number of fused-ring (bicyclic) bond motifs is 1. The van der Waals surface area contributed by atoms with Gasteiger partial charge in [0.15, 0.2) is 0 Å². The summed E-state index contributed by atoms with van der Waals surface area (Å²) in [6, 6.07) is 6.64. The van der Waals surface area contributed by atoms with Crippen molar-refractivity contribution in [3.05, 3.63) is 28.8 Å². The highest BCUT2D eigenvalue weighted by atomic mass is 35.5. The number of anilines is 1. The quantitative estimate of drug-likeness (QED) is 0.685. The van der Waals surface area contributed by atoms with Crippen LogP contribution in [0.25, 0.3) is 0 Å². The Balaban J connectivity index is 2.53. The first-order valence-corrected chi connectivity index (χ1v) is 5.43. The summed E-state index contributed by atoms with van der Waals surface area (Å²) < 4.78 is 0. The molecule has 1 atom stereocenters. The van der Waals surface area contributed by atoms with Gasteiger partial charge in [-0.3, -0.25) is 0 Å². The third kappa shape index (κ3) is 1.61. The van der Waals surface area contributed by atoms with Gasteiger partial charge in [-0.15, -0.1) is 0 Å². The molecule has 1 aromatic rings. The number of hydrogen-bond donors (Lipinski definition) is 1. The molecule has 1 aromatic carbocycles. The van der Waals surface area contributed by atoms with E-state index in [1.165, 1.54) is 11.3 Å². The molecule has 1 nitrogen and oxygen atoms in total. The molecule has 1 unspecified atom stereocenters. The Labute approximate surface area is 90.5 Å². The molecular weight excluding hydrogens is 194 g/mol. The standard InChI is InChI=1S/C12H16ClN/c1-8-7-12(2,3)10-6-9(13)4-5-11(10)14-8/h4-6,8,14H,7H2,1-3H3. The monoisotopic (exact) mass is 209 g/mol. The van der Waals surface area contributed by atoms with Crippen molar-refractivity contribution in [3.63, 3.8) is 0 Å². The van der Waals surface area contributed by atoms with Gasteiger partial charge in [0, 0.05) is 16.8 Å². The fourth-order valence-corrected chi connectivity index (χ4v) is 2.57. The van der Waals surface area contributed by atoms with Crippen LogP contribution in [0.4, 0.5) is 5.69 Å². The number of nitrogens with one attached hydrogen (secondary N) is 1. The SMILES string of the molecule is CC1CC(C)(C)c2cc(Cl)ccc2N1. The molecule has 0 aliphatic carbocycles. The normalized spacial score (nSPS) is 23.9. The molecule has 0 amide bonds. The molecule has 0 fully saturated rings. The van der Waals surface area contributed by atoms with E-state index in [2.05, 4.69) is 38.2 Å². The zero-order chi connectivity index (χ0) is 10.3. The highest BCUT2D eigenvalue weighted by molar-refractivity contribution is 6.30. The van der Waals surface area contributed by atoms with Gasteiger partial charge in [-0.2, -0.15) is 0 Å². The number of benzene rings is 1. The molecule has 76 valence electrons. The molecule has 0 spiro atoms. The topological polar surface area (TPSA) is 12.0 Å². The zero-order valence-electron chi connectivity index (χ0n) is 8.89. The van der Waals surface area contributed by atoms with Crippen molar-refractivity contribution >= 4 is 17.3 Å². The van der Waals surface area contributed by atoms with Gasteiger partial charge in [0.2, 0.25) is 0 Å². The van der Waals surface area contributed by atoms with Crippen LogP contribution in [-0.4, -0.2) is 6.04 Å². The lowest BCUT2D eigenvalue weighted by molar-refractivity contribution is 0.434. The maximum Gasteiger partial charge on any atom is 0.0410 e. The van der Waals surface area contributed by atoms with Crippen LogP contribution in [0.15, 0.2) is 18.2 Å². The molecule has 2 heteroatoms. The molecule has 0 saturated carbocycles. The van der Waals surface area contributed by atoms with E-state index in [4.69, 9.17) is 11.6 Å². The van der Waals surface area contributed by atoms with Gasteiger partial charge in [-0.25, -0.2) is 0 Å². The minimum absolute atomic E-state index is 0.227. The maximum absolute atomic E-state index is 6.01. The molecule has 0 bridgehead atoms. The summed E-state index contributed by atoms with van der Waals surface area (Å²) in [5.74, 6) is 0. The zero-order valence-corrected chi connectivity index (χ0v) is 9.65. The largest absolute Gasteiger partial charge is 0.382 e. The van der Waals surface area contributed by atoms with Crippen molar-refractivity contribution < 1.29 is 0 Å². The molecular formula is C12H16ClN. The van der Waals surface area contributed by atoms with Crippen molar-refractivity contribution in [2.24, 2.45) is 0 Å². The van der Waals surface area contributed by atoms with E-state index in [1.54, 1.807) is 0 Å². The summed E-state index contributed by atoms with van der Waals surface area (Å²) in [7, 11) is 0. The Hall–Kier alpha value is -0.690. The Morgan fingerprint density at radius 3 is 2.86 bits per heavy atom. The Bertz CT molecular complexity index is 357. The first kappa shape index (κ1) is 9.85. The highest BCUT2D eigenvalue weighted by Gasteiger charge is 2.30. The predicted octanol–water partition coefficient (Wildman–Crippen LogP) is 3.82. The molecule has 2 rings (SSSR count). The van der Waals surface area contributed by atoms with Crippen LogP contribution < -0.4 is 5.32 Å². The molecule has 1 aliphatic rings. The first-order valence-electron chi connectivity index (χ1n) is 5.05. The lowest BCUT2D eigenvalue weighted by atomic mass is 9.76. The fraction of sp³-hybridized carbons (Fsp3) is 0.500. The summed E-state index contributed by atoms with van der Waals surface area (Å²) in [5, 5.41) is 4.31. The fourth-order valence-electron chi connectivity index (χ4n) is 2.39. The molecule has 0 radical (unpaired) electrons. The average Bonchev–Trinajstić information content (AvgIpc) is 2.05. The average molecular weight is 210 g/mol. The summed E-state index contributed by atoms with van der Waals surface area (Å²) in [5.41, 5.74) is 2.80. The highest BCUT2D eigenvalue weighted by Crippen LogP contribution is 2.39. The maximum atomic E-state index is 6.01. The Kier molecular flexibility index (Phi) is 2.23. The van der Waals surface area contributed by atoms with Gasteiger partial charge in [-0.05, 0) is 42.5 Å². The van der Waals surface area contributed by atoms with Crippen molar-refractivity contribution in [3.8, 4) is 0 Å². The van der Waals surface area contributed by atoms with Crippen molar-refractivity contribution in [2.75, 3.05) is 5.32 Å². The van der Waals surface area contributed by atoms with Gasteiger partial charge in [0.05, 0.1) is 0 Å². The third-order valence-corrected chi connectivity index (χ3v) is 3.16. The molecule has 1 aliphatic heterocycles. The summed E-state index contributed by atoms with van der Waals surface area (Å²) >= 11 is 6.01. The molecule has 0 aromatic heterocycles. The van der Waals surface area contributed by atoms with Crippen LogP contribution in [0.1, 0.15) is 32.8 Å². The third-order valence-electron chi connectivity index (χ3n) is 2.93. The van der Waals surface area contributed by atoms with E-state index < -0.39 is 0 Å². The van der Waals surface area contributed by atoms with Gasteiger partial charge >= 0.3 is 0 Å². The number of halogens is 1. The lowest BCUT2D eigenvalue weighted by Crippen LogP contribution is -2.34. The Morgan fingerprint density at radius 2 is 2.14 bits per heavy atom. The summed E-state index contributed by atoms with van der Waals surface area (Å²) in [6.45, 7) is 6.78. The van der Waals surface area contributed by atoms with E-state index in [1.807, 2.05) is 6.07 Å². The lowest BCUT2D eigenvalue weighted by Gasteiger charge is -2.37. The van der Waals surface area contributed by atoms with Crippen LogP contribution in [0.2, 0.25) is 5.02 Å². The number of hydrogen-bond acceptors (Lipinski definition) is 1. The van der Waals surface area contributed by atoms with E-state index >= 15 is 0 Å². The van der Waals surface area contributed by atoms with Crippen LogP contribution >= 0.6 is 11.6 Å². The van der Waals surface area contributed by atoms with E-state index in [0.717, 1.165) is 11.4 Å². The van der Waals surface area contributed by atoms with Gasteiger partial charge in [-0.1, -0.05) is 25.4 Å². The van der Waals surface area contributed by atoms with Gasteiger partial charge in [0.25, 0.3) is 0 Å². The summed E-state index contributed by atoms with van der Waals surface area (Å²) in [4.78, 5) is 0. The van der Waals surface area contributed by atoms with Crippen LogP contribution in [0, 0.1) is 0 Å². The smallest absolute Gasteiger partial charge is 0.0410 e. The molecule has 1 N–H and O–H groups in total. The molecule has 0 saturated heterocycles. The summed E-state index contributed by atoms with van der Waals surface area (Å²) in [6.07, 6.45) is 1.15. The van der Waals surface area contributed by atoms with Gasteiger partial charge in [0.1, 0.15) is 0 Å². The van der Waals surface area contributed by atoms with Crippen LogP contribution in [-0.2, 0) is 5.41 Å². The van der Waals surface area contributed by atoms with Crippen molar-refractivity contribution in [2.45, 2.75) is 38.6 Å². The van der Waals surface area contributed by atoms with E-state index in [-0.39, 0.29) is 5.41 Å². The molecule has 1 heterocycles. The van der Waals surface area contributed by atoms with Gasteiger partial charge < -0.3 is 5.32 Å². The Morgan fingerprint density at radius 1 is 1.43 bits per heavy atom. The van der Waals surface area contributed by atoms with E-state index in [0.29, 0.717) is 6.04 Å². The second-order valence-electron chi connectivity index (χ2n) is 4.82. The minimum atomic E-state index is 0.227.